The molecule has 2 aromatic rings. The summed E-state index contributed by atoms with van der Waals surface area (Å²) in [5.41, 5.74) is 0.723. The molecule has 1 aliphatic rings. The predicted octanol–water partition coefficient (Wildman–Crippen LogP) is 3.55. The number of urea groups is 1. The Kier molecular flexibility index (Phi) is 4.90. The van der Waals surface area contributed by atoms with Crippen molar-refractivity contribution in [3.63, 3.8) is 0 Å². The number of hydrogen-bond donors (Lipinski definition) is 1. The van der Waals surface area contributed by atoms with Crippen LogP contribution in [0, 0.1) is 6.92 Å². The highest BCUT2D eigenvalue weighted by Crippen LogP contribution is 2.35. The average molecular weight is 335 g/mol. The zero-order valence-electron chi connectivity index (χ0n) is 13.4. The van der Waals surface area contributed by atoms with Gasteiger partial charge in [-0.3, -0.25) is 5.32 Å². The molecule has 0 spiro atoms. The van der Waals surface area contributed by atoms with Crippen molar-refractivity contribution in [1.29, 1.82) is 0 Å². The summed E-state index contributed by atoms with van der Waals surface area (Å²) in [6.07, 6.45) is 6.17. The van der Waals surface area contributed by atoms with E-state index in [1.54, 1.807) is 11.9 Å². The highest BCUT2D eigenvalue weighted by molar-refractivity contribution is 7.15. The second-order valence-corrected chi connectivity index (χ2v) is 7.00. The molecular weight excluding hydrogens is 314 g/mol. The van der Waals surface area contributed by atoms with Crippen molar-refractivity contribution in [2.24, 2.45) is 0 Å². The van der Waals surface area contributed by atoms with Gasteiger partial charge in [0.25, 0.3) is 0 Å². The minimum atomic E-state index is -0.225. The molecular formula is C15H21N5O2S. The molecule has 1 N–H and O–H groups in total. The Morgan fingerprint density at radius 1 is 1.39 bits per heavy atom. The van der Waals surface area contributed by atoms with Gasteiger partial charge in [-0.1, -0.05) is 35.8 Å². The van der Waals surface area contributed by atoms with E-state index in [0.717, 1.165) is 16.5 Å². The summed E-state index contributed by atoms with van der Waals surface area (Å²) >= 11 is 1.48. The normalized spacial score (nSPS) is 15.6. The zero-order valence-corrected chi connectivity index (χ0v) is 14.2. The maximum Gasteiger partial charge on any atom is 0.323 e. The van der Waals surface area contributed by atoms with Gasteiger partial charge >= 0.3 is 6.03 Å². The molecule has 0 saturated heterocycles. The molecule has 1 aliphatic carbocycles. The zero-order chi connectivity index (χ0) is 16.2. The van der Waals surface area contributed by atoms with Crippen LogP contribution in [0.5, 0.6) is 0 Å². The van der Waals surface area contributed by atoms with E-state index in [1.165, 1.54) is 43.4 Å². The summed E-state index contributed by atoms with van der Waals surface area (Å²) in [6, 6.07) is 1.59. The van der Waals surface area contributed by atoms with E-state index in [2.05, 4.69) is 20.7 Å². The standard InChI is InChI=1S/C15H21N5O2S/c1-10-8-12(19-22-10)9-20(2)15(21)16-14-18-17-13(23-14)11-6-4-3-5-7-11/h8,11H,3-7,9H2,1-2H3,(H,16,18,21). The fourth-order valence-corrected chi connectivity index (χ4v) is 3.70. The molecule has 0 atom stereocenters. The Morgan fingerprint density at radius 3 is 2.87 bits per heavy atom. The number of aromatic nitrogens is 3. The third-order valence-electron chi connectivity index (χ3n) is 4.03. The van der Waals surface area contributed by atoms with Crippen LogP contribution >= 0.6 is 11.3 Å². The van der Waals surface area contributed by atoms with Crippen molar-refractivity contribution in [1.82, 2.24) is 20.3 Å². The molecule has 23 heavy (non-hydrogen) atoms. The molecule has 3 rings (SSSR count). The van der Waals surface area contributed by atoms with Crippen LogP contribution in [0.25, 0.3) is 0 Å². The average Bonchev–Trinajstić information content (AvgIpc) is 3.17. The number of rotatable bonds is 4. The number of carbonyl (C=O) groups excluding carboxylic acids is 1. The molecule has 7 nitrogen and oxygen atoms in total. The Labute approximate surface area is 139 Å². The number of anilines is 1. The Morgan fingerprint density at radius 2 is 2.17 bits per heavy atom. The van der Waals surface area contributed by atoms with E-state index < -0.39 is 0 Å². The first kappa shape index (κ1) is 15.9. The molecule has 2 heterocycles. The molecule has 8 heteroatoms. The summed E-state index contributed by atoms with van der Waals surface area (Å²) in [7, 11) is 1.71. The van der Waals surface area contributed by atoms with Crippen molar-refractivity contribution in [2.75, 3.05) is 12.4 Å². The van der Waals surface area contributed by atoms with Gasteiger partial charge in [0.2, 0.25) is 5.13 Å². The monoisotopic (exact) mass is 335 g/mol. The van der Waals surface area contributed by atoms with Gasteiger partial charge < -0.3 is 9.42 Å². The Bertz CT molecular complexity index is 662. The summed E-state index contributed by atoms with van der Waals surface area (Å²) < 4.78 is 5.01. The maximum absolute atomic E-state index is 12.2. The van der Waals surface area contributed by atoms with Crippen LogP contribution in [0.1, 0.15) is 54.5 Å². The molecule has 1 saturated carbocycles. The van der Waals surface area contributed by atoms with Crippen molar-refractivity contribution in [3.05, 3.63) is 22.5 Å². The number of amides is 2. The van der Waals surface area contributed by atoms with E-state index in [-0.39, 0.29) is 6.03 Å². The van der Waals surface area contributed by atoms with Gasteiger partial charge in [0.1, 0.15) is 16.5 Å². The summed E-state index contributed by atoms with van der Waals surface area (Å²) in [6.45, 7) is 2.21. The molecule has 0 bridgehead atoms. The second kappa shape index (κ2) is 7.08. The predicted molar refractivity (Wildman–Crippen MR) is 87.5 cm³/mol. The van der Waals surface area contributed by atoms with E-state index >= 15 is 0 Å². The number of aryl methyl sites for hydroxylation is 1. The van der Waals surface area contributed by atoms with Crippen LogP contribution in [-0.4, -0.2) is 33.3 Å². The largest absolute Gasteiger partial charge is 0.361 e. The first-order valence-corrected chi connectivity index (χ1v) is 8.71. The highest BCUT2D eigenvalue weighted by Gasteiger charge is 2.21. The van der Waals surface area contributed by atoms with Crippen LogP contribution in [0.2, 0.25) is 0 Å². The highest BCUT2D eigenvalue weighted by atomic mass is 32.1. The molecule has 0 aromatic carbocycles. The van der Waals surface area contributed by atoms with Gasteiger partial charge in [-0.15, -0.1) is 10.2 Å². The van der Waals surface area contributed by atoms with Crippen LogP contribution < -0.4 is 5.32 Å². The number of hydrogen-bond acceptors (Lipinski definition) is 6. The molecule has 0 radical (unpaired) electrons. The first-order chi connectivity index (χ1) is 11.1. The molecule has 1 fully saturated rings. The van der Waals surface area contributed by atoms with Crippen LogP contribution in [0.15, 0.2) is 10.6 Å². The third kappa shape index (κ3) is 4.07. The van der Waals surface area contributed by atoms with Crippen LogP contribution in [0.4, 0.5) is 9.93 Å². The van der Waals surface area contributed by atoms with E-state index in [9.17, 15) is 4.79 Å². The van der Waals surface area contributed by atoms with Gasteiger partial charge in [0, 0.05) is 19.0 Å². The summed E-state index contributed by atoms with van der Waals surface area (Å²) in [5.74, 6) is 1.23. The third-order valence-corrected chi connectivity index (χ3v) is 5.03. The lowest BCUT2D eigenvalue weighted by molar-refractivity contribution is 0.219. The Balaban J connectivity index is 1.55. The fourth-order valence-electron chi connectivity index (χ4n) is 2.79. The van der Waals surface area contributed by atoms with Crippen molar-refractivity contribution < 1.29 is 9.32 Å². The fraction of sp³-hybridized carbons (Fsp3) is 0.600. The lowest BCUT2D eigenvalue weighted by atomic mass is 9.90. The lowest BCUT2D eigenvalue weighted by Crippen LogP contribution is -2.30. The number of nitrogens with one attached hydrogen (secondary N) is 1. The second-order valence-electron chi connectivity index (χ2n) is 6.00. The quantitative estimate of drug-likeness (QED) is 0.923. The molecule has 0 aliphatic heterocycles. The van der Waals surface area contributed by atoms with Crippen LogP contribution in [0.3, 0.4) is 0 Å². The van der Waals surface area contributed by atoms with Gasteiger partial charge in [-0.25, -0.2) is 4.79 Å². The number of carbonyl (C=O) groups is 1. The van der Waals surface area contributed by atoms with Crippen molar-refractivity contribution in [2.45, 2.75) is 51.5 Å². The molecule has 2 aromatic heterocycles. The van der Waals surface area contributed by atoms with Gasteiger partial charge in [0.15, 0.2) is 0 Å². The van der Waals surface area contributed by atoms with Gasteiger partial charge in [-0.05, 0) is 19.8 Å². The van der Waals surface area contributed by atoms with E-state index in [4.69, 9.17) is 4.52 Å². The van der Waals surface area contributed by atoms with Gasteiger partial charge in [-0.2, -0.15) is 0 Å². The smallest absolute Gasteiger partial charge is 0.323 e. The molecule has 2 amide bonds. The molecule has 0 unspecified atom stereocenters. The van der Waals surface area contributed by atoms with Gasteiger partial charge in [0.05, 0.1) is 6.54 Å². The van der Waals surface area contributed by atoms with Crippen molar-refractivity contribution >= 4 is 22.5 Å². The Hall–Kier alpha value is -1.96. The molecule has 124 valence electrons. The minimum Gasteiger partial charge on any atom is -0.361 e. The van der Waals surface area contributed by atoms with E-state index in [1.807, 2.05) is 13.0 Å². The minimum absolute atomic E-state index is 0.225. The summed E-state index contributed by atoms with van der Waals surface area (Å²) in [5, 5.41) is 16.6. The van der Waals surface area contributed by atoms with Crippen LogP contribution in [-0.2, 0) is 6.54 Å². The summed E-state index contributed by atoms with van der Waals surface area (Å²) in [4.78, 5) is 13.7. The maximum atomic E-state index is 12.2. The van der Waals surface area contributed by atoms with E-state index in [0.29, 0.717) is 17.6 Å². The SMILES string of the molecule is Cc1cc(CN(C)C(=O)Nc2nnc(C3CCCCC3)s2)no1. The van der Waals surface area contributed by atoms with Crippen molar-refractivity contribution in [3.8, 4) is 0 Å². The first-order valence-electron chi connectivity index (χ1n) is 7.89. The lowest BCUT2D eigenvalue weighted by Gasteiger charge is -2.18. The topological polar surface area (TPSA) is 84.2 Å². The number of nitrogens with zero attached hydrogens (tertiary/aromatic N) is 4.